The standard InChI is InChI=1S/C27H27N5O2S2/c1-19-26(36-27(28-19)21-10-6-7-11-23(21)34-2)22-12-13-24(30-29-22)35-18-25(33)32-16-14-31(15-17-32)20-8-4-3-5-9-20/h3-13H,14-18H2,1-2H3. The van der Waals surface area contributed by atoms with Crippen LogP contribution in [0, 0.1) is 6.92 Å². The van der Waals surface area contributed by atoms with Gasteiger partial charge in [-0.15, -0.1) is 21.5 Å². The summed E-state index contributed by atoms with van der Waals surface area (Å²) in [6.45, 7) is 5.14. The van der Waals surface area contributed by atoms with Crippen molar-refractivity contribution in [2.24, 2.45) is 0 Å². The molecule has 0 N–H and O–H groups in total. The van der Waals surface area contributed by atoms with E-state index in [1.165, 1.54) is 17.4 Å². The number of amides is 1. The second-order valence-electron chi connectivity index (χ2n) is 8.38. The zero-order chi connectivity index (χ0) is 24.9. The van der Waals surface area contributed by atoms with E-state index in [1.807, 2.05) is 66.4 Å². The lowest BCUT2D eigenvalue weighted by Gasteiger charge is -2.36. The molecule has 7 nitrogen and oxygen atoms in total. The van der Waals surface area contributed by atoms with E-state index in [-0.39, 0.29) is 5.91 Å². The van der Waals surface area contributed by atoms with Crippen LogP contribution in [0.1, 0.15) is 5.69 Å². The van der Waals surface area contributed by atoms with Crippen molar-refractivity contribution in [2.45, 2.75) is 11.9 Å². The van der Waals surface area contributed by atoms with Crippen LogP contribution in [0.5, 0.6) is 5.75 Å². The molecule has 0 atom stereocenters. The zero-order valence-corrected chi connectivity index (χ0v) is 21.9. The third kappa shape index (κ3) is 5.37. The second kappa shape index (κ2) is 11.1. The first-order valence-electron chi connectivity index (χ1n) is 11.8. The first-order chi connectivity index (χ1) is 17.6. The number of piperazine rings is 1. The molecule has 1 aliphatic rings. The van der Waals surface area contributed by atoms with E-state index in [0.29, 0.717) is 5.75 Å². The number of nitrogens with zero attached hydrogens (tertiary/aromatic N) is 5. The summed E-state index contributed by atoms with van der Waals surface area (Å²) in [5.74, 6) is 1.29. The maximum absolute atomic E-state index is 12.8. The average Bonchev–Trinajstić information content (AvgIpc) is 3.33. The number of hydrogen-bond acceptors (Lipinski definition) is 8. The highest BCUT2D eigenvalue weighted by Gasteiger charge is 2.21. The fraction of sp³-hybridized carbons (Fsp3) is 0.259. The lowest BCUT2D eigenvalue weighted by molar-refractivity contribution is -0.128. The number of hydrogen-bond donors (Lipinski definition) is 0. The highest BCUT2D eigenvalue weighted by molar-refractivity contribution is 7.99. The third-order valence-corrected chi connectivity index (χ3v) is 8.22. The summed E-state index contributed by atoms with van der Waals surface area (Å²) in [5, 5.41) is 10.4. The fourth-order valence-corrected chi connectivity index (χ4v) is 5.95. The van der Waals surface area contributed by atoms with Gasteiger partial charge in [0.2, 0.25) is 5.91 Å². The Balaban J connectivity index is 1.18. The van der Waals surface area contributed by atoms with E-state index in [9.17, 15) is 4.79 Å². The number of carbonyl (C=O) groups excluding carboxylic acids is 1. The van der Waals surface area contributed by atoms with Gasteiger partial charge in [0.05, 0.1) is 29.0 Å². The number of carbonyl (C=O) groups is 1. The van der Waals surface area contributed by atoms with E-state index >= 15 is 0 Å². The predicted octanol–water partition coefficient (Wildman–Crippen LogP) is 5.03. The van der Waals surface area contributed by atoms with Crippen LogP contribution >= 0.6 is 23.1 Å². The van der Waals surface area contributed by atoms with Crippen LogP contribution in [0.3, 0.4) is 0 Å². The van der Waals surface area contributed by atoms with E-state index in [1.54, 1.807) is 18.4 Å². The molecule has 0 bridgehead atoms. The summed E-state index contributed by atoms with van der Waals surface area (Å²) in [4.78, 5) is 22.7. The van der Waals surface area contributed by atoms with Crippen molar-refractivity contribution in [1.82, 2.24) is 20.1 Å². The van der Waals surface area contributed by atoms with Crippen LogP contribution < -0.4 is 9.64 Å². The number of anilines is 1. The van der Waals surface area contributed by atoms with Gasteiger partial charge >= 0.3 is 0 Å². The molecule has 0 aliphatic carbocycles. The van der Waals surface area contributed by atoms with E-state index in [0.717, 1.165) is 63.8 Å². The minimum absolute atomic E-state index is 0.137. The molecule has 0 spiro atoms. The van der Waals surface area contributed by atoms with Crippen LogP contribution in [0.15, 0.2) is 71.8 Å². The number of thioether (sulfide) groups is 1. The van der Waals surface area contributed by atoms with E-state index in [2.05, 4.69) is 27.2 Å². The molecule has 2 aromatic heterocycles. The Bertz CT molecular complexity index is 1320. The minimum atomic E-state index is 0.137. The fourth-order valence-electron chi connectivity index (χ4n) is 4.17. The van der Waals surface area contributed by atoms with Crippen molar-refractivity contribution in [3.8, 4) is 26.9 Å². The molecule has 0 saturated carbocycles. The van der Waals surface area contributed by atoms with Crippen molar-refractivity contribution in [3.63, 3.8) is 0 Å². The Morgan fingerprint density at radius 3 is 2.44 bits per heavy atom. The quantitative estimate of drug-likeness (QED) is 0.319. The topological polar surface area (TPSA) is 71.5 Å². The second-order valence-corrected chi connectivity index (χ2v) is 10.4. The van der Waals surface area contributed by atoms with Gasteiger partial charge < -0.3 is 14.5 Å². The predicted molar refractivity (Wildman–Crippen MR) is 146 cm³/mol. The lowest BCUT2D eigenvalue weighted by Crippen LogP contribution is -2.49. The number of rotatable bonds is 7. The summed E-state index contributed by atoms with van der Waals surface area (Å²) in [5.41, 5.74) is 3.85. The summed E-state index contributed by atoms with van der Waals surface area (Å²) in [6.07, 6.45) is 0. The number of thiazole rings is 1. The van der Waals surface area contributed by atoms with Gasteiger partial charge in [-0.05, 0) is 43.3 Å². The number of aryl methyl sites for hydroxylation is 1. The molecule has 1 fully saturated rings. The maximum atomic E-state index is 12.8. The summed E-state index contributed by atoms with van der Waals surface area (Å²) in [6, 6.07) is 22.1. The van der Waals surface area contributed by atoms with Crippen molar-refractivity contribution in [2.75, 3.05) is 43.9 Å². The smallest absolute Gasteiger partial charge is 0.233 e. The maximum Gasteiger partial charge on any atom is 0.233 e. The molecule has 0 unspecified atom stereocenters. The number of ether oxygens (including phenoxy) is 1. The Labute approximate surface area is 219 Å². The highest BCUT2D eigenvalue weighted by Crippen LogP contribution is 2.38. The van der Waals surface area contributed by atoms with Crippen LogP contribution in [0.2, 0.25) is 0 Å². The molecule has 2 aromatic carbocycles. The number of aromatic nitrogens is 3. The van der Waals surface area contributed by atoms with Crippen LogP contribution in [-0.4, -0.2) is 65.0 Å². The molecule has 4 aromatic rings. The Kier molecular flexibility index (Phi) is 7.48. The van der Waals surface area contributed by atoms with Gasteiger partial charge in [-0.1, -0.05) is 42.1 Å². The molecule has 5 rings (SSSR count). The highest BCUT2D eigenvalue weighted by atomic mass is 32.2. The zero-order valence-electron chi connectivity index (χ0n) is 20.3. The van der Waals surface area contributed by atoms with Gasteiger partial charge in [-0.2, -0.15) is 0 Å². The average molecular weight is 518 g/mol. The molecule has 3 heterocycles. The summed E-state index contributed by atoms with van der Waals surface area (Å²) in [7, 11) is 1.66. The van der Waals surface area contributed by atoms with Crippen molar-refractivity contribution >= 4 is 34.7 Å². The monoisotopic (exact) mass is 517 g/mol. The first kappa shape index (κ1) is 24.3. The van der Waals surface area contributed by atoms with Gasteiger partial charge in [0.1, 0.15) is 21.5 Å². The van der Waals surface area contributed by atoms with Crippen molar-refractivity contribution in [3.05, 3.63) is 72.4 Å². The summed E-state index contributed by atoms with van der Waals surface area (Å²) < 4.78 is 5.49. The summed E-state index contributed by atoms with van der Waals surface area (Å²) >= 11 is 3.00. The molecule has 1 saturated heterocycles. The van der Waals surface area contributed by atoms with Crippen LogP contribution in [0.25, 0.3) is 21.1 Å². The Morgan fingerprint density at radius 1 is 0.972 bits per heavy atom. The number of benzene rings is 2. The number of para-hydroxylation sites is 2. The van der Waals surface area contributed by atoms with Gasteiger partial charge in [0.25, 0.3) is 0 Å². The molecule has 0 radical (unpaired) electrons. The molecular weight excluding hydrogens is 490 g/mol. The van der Waals surface area contributed by atoms with Gasteiger partial charge in [0, 0.05) is 31.9 Å². The number of methoxy groups -OCH3 is 1. The minimum Gasteiger partial charge on any atom is -0.496 e. The first-order valence-corrected chi connectivity index (χ1v) is 13.6. The van der Waals surface area contributed by atoms with Crippen LogP contribution in [0.4, 0.5) is 5.69 Å². The van der Waals surface area contributed by atoms with E-state index in [4.69, 9.17) is 9.72 Å². The molecule has 184 valence electrons. The molecular formula is C27H27N5O2S2. The Morgan fingerprint density at radius 2 is 1.72 bits per heavy atom. The van der Waals surface area contributed by atoms with Crippen LogP contribution in [-0.2, 0) is 4.79 Å². The molecule has 36 heavy (non-hydrogen) atoms. The van der Waals surface area contributed by atoms with E-state index < -0.39 is 0 Å². The largest absolute Gasteiger partial charge is 0.496 e. The lowest BCUT2D eigenvalue weighted by atomic mass is 10.2. The molecule has 1 aliphatic heterocycles. The molecule has 1 amide bonds. The van der Waals surface area contributed by atoms with Gasteiger partial charge in [-0.25, -0.2) is 4.98 Å². The third-order valence-electron chi connectivity index (χ3n) is 6.10. The van der Waals surface area contributed by atoms with Crippen molar-refractivity contribution in [1.29, 1.82) is 0 Å². The van der Waals surface area contributed by atoms with Gasteiger partial charge in [-0.3, -0.25) is 4.79 Å². The SMILES string of the molecule is COc1ccccc1-c1nc(C)c(-c2ccc(SCC(=O)N3CCN(c4ccccc4)CC3)nn2)s1. The normalized spacial score (nSPS) is 13.6. The Hall–Kier alpha value is -3.43. The van der Waals surface area contributed by atoms with Gasteiger partial charge in [0.15, 0.2) is 0 Å². The van der Waals surface area contributed by atoms with Crippen molar-refractivity contribution < 1.29 is 9.53 Å². The molecule has 9 heteroatoms.